The maximum absolute atomic E-state index is 11.6. The number of amides is 1. The Morgan fingerprint density at radius 1 is 1.12 bits per heavy atom. The van der Waals surface area contributed by atoms with E-state index in [1.54, 1.807) is 6.92 Å². The monoisotopic (exact) mass is 447 g/mol. The van der Waals surface area contributed by atoms with Gasteiger partial charge in [-0.2, -0.15) is 0 Å². The highest BCUT2D eigenvalue weighted by Crippen LogP contribution is 2.37. The zero-order valence-corrected chi connectivity index (χ0v) is 18.6. The Morgan fingerprint density at radius 2 is 1.69 bits per heavy atom. The summed E-state index contributed by atoms with van der Waals surface area (Å²) in [5, 5.41) is 2.50. The van der Waals surface area contributed by atoms with E-state index in [-0.39, 0.29) is 12.2 Å². The summed E-state index contributed by atoms with van der Waals surface area (Å²) >= 11 is 0. The van der Waals surface area contributed by atoms with Gasteiger partial charge in [0.1, 0.15) is 11.6 Å². The second-order valence-corrected chi connectivity index (χ2v) is 7.51. The Bertz CT molecular complexity index is 833. The molecule has 32 heavy (non-hydrogen) atoms. The van der Waals surface area contributed by atoms with Crippen LogP contribution in [-0.2, 0) is 39.8 Å². The van der Waals surface area contributed by atoms with E-state index in [1.807, 2.05) is 31.2 Å². The zero-order valence-electron chi connectivity index (χ0n) is 18.6. The summed E-state index contributed by atoms with van der Waals surface area (Å²) < 4.78 is 19.5. The molecule has 0 bridgehead atoms. The first-order chi connectivity index (χ1) is 15.2. The van der Waals surface area contributed by atoms with Crippen molar-refractivity contribution in [1.29, 1.82) is 0 Å². The fourth-order valence-corrected chi connectivity index (χ4v) is 3.29. The van der Waals surface area contributed by atoms with Gasteiger partial charge in [0.05, 0.1) is 13.7 Å². The third-order valence-corrected chi connectivity index (χ3v) is 5.03. The molecule has 1 N–H and O–H groups in total. The fraction of sp³-hybridized carbons (Fsp3) is 0.478. The molecule has 1 heterocycles. The number of benzene rings is 1. The van der Waals surface area contributed by atoms with Crippen LogP contribution in [0.5, 0.6) is 0 Å². The van der Waals surface area contributed by atoms with E-state index in [0.29, 0.717) is 19.3 Å². The van der Waals surface area contributed by atoms with E-state index >= 15 is 0 Å². The summed E-state index contributed by atoms with van der Waals surface area (Å²) in [4.78, 5) is 45.3. The molecule has 9 nitrogen and oxygen atoms in total. The van der Waals surface area contributed by atoms with Crippen molar-refractivity contribution >= 4 is 24.0 Å². The van der Waals surface area contributed by atoms with Gasteiger partial charge in [-0.25, -0.2) is 19.2 Å². The molecule has 0 radical (unpaired) electrons. The van der Waals surface area contributed by atoms with Crippen molar-refractivity contribution in [2.45, 2.75) is 57.8 Å². The van der Waals surface area contributed by atoms with E-state index in [9.17, 15) is 19.2 Å². The van der Waals surface area contributed by atoms with Crippen LogP contribution < -0.4 is 5.32 Å². The molecule has 1 spiro atoms. The minimum atomic E-state index is -0.963. The van der Waals surface area contributed by atoms with E-state index in [2.05, 4.69) is 16.6 Å². The topological polar surface area (TPSA) is 117 Å². The predicted octanol–water partition coefficient (Wildman–Crippen LogP) is 2.74. The summed E-state index contributed by atoms with van der Waals surface area (Å²) in [5.41, 5.74) is 1.87. The quantitative estimate of drug-likeness (QED) is 0.317. The van der Waals surface area contributed by atoms with Gasteiger partial charge in [0.2, 0.25) is 0 Å². The Labute approximate surface area is 187 Å². The first-order valence-electron chi connectivity index (χ1n) is 10.4. The SMILES string of the molecule is C=C1C(=O)OC2(CCCC2)OC1=O.CCOC(=O)NC(Cc1ccc(C)cc1)C(=O)OC. The molecule has 174 valence electrons. The van der Waals surface area contributed by atoms with E-state index in [0.717, 1.165) is 24.0 Å². The highest BCUT2D eigenvalue weighted by Gasteiger charge is 2.47. The molecule has 1 amide bonds. The number of carbonyl (C=O) groups excluding carboxylic acids is 4. The van der Waals surface area contributed by atoms with Gasteiger partial charge in [-0.1, -0.05) is 36.4 Å². The van der Waals surface area contributed by atoms with E-state index in [4.69, 9.17) is 14.2 Å². The van der Waals surface area contributed by atoms with Gasteiger partial charge in [-0.15, -0.1) is 0 Å². The van der Waals surface area contributed by atoms with Crippen molar-refractivity contribution in [1.82, 2.24) is 5.32 Å². The molecular formula is C23H29NO8. The standard InChI is InChI=1S/C14H19NO4.C9H10O4/c1-4-19-14(17)15-12(13(16)18-3)9-11-7-5-10(2)6-8-11;1-6-7(10)12-9(13-8(6)11)4-2-3-5-9/h5-8,12H,4,9H2,1-3H3,(H,15,17);1-5H2. The molecule has 1 aliphatic heterocycles. The predicted molar refractivity (Wildman–Crippen MR) is 113 cm³/mol. The van der Waals surface area contributed by atoms with Gasteiger partial charge >= 0.3 is 24.0 Å². The summed E-state index contributed by atoms with van der Waals surface area (Å²) in [5.74, 6) is -2.74. The number of ether oxygens (including phenoxy) is 4. The highest BCUT2D eigenvalue weighted by molar-refractivity contribution is 6.14. The number of methoxy groups -OCH3 is 1. The van der Waals surface area contributed by atoms with Crippen LogP contribution in [0.15, 0.2) is 36.4 Å². The Morgan fingerprint density at radius 3 is 2.19 bits per heavy atom. The van der Waals surface area contributed by atoms with Crippen molar-refractivity contribution in [3.8, 4) is 0 Å². The molecule has 1 aliphatic carbocycles. The van der Waals surface area contributed by atoms with Gasteiger partial charge in [-0.05, 0) is 32.3 Å². The van der Waals surface area contributed by atoms with Gasteiger partial charge in [0, 0.05) is 19.3 Å². The largest absolute Gasteiger partial charge is 0.467 e. The van der Waals surface area contributed by atoms with Crippen LogP contribution in [0.4, 0.5) is 4.79 Å². The first kappa shape index (κ1) is 24.9. The van der Waals surface area contributed by atoms with Crippen LogP contribution in [0.25, 0.3) is 0 Å². The number of nitrogens with one attached hydrogen (secondary N) is 1. The van der Waals surface area contributed by atoms with Gasteiger partial charge < -0.3 is 24.3 Å². The fourth-order valence-electron chi connectivity index (χ4n) is 3.29. The average molecular weight is 447 g/mol. The van der Waals surface area contributed by atoms with Crippen molar-refractivity contribution in [3.63, 3.8) is 0 Å². The first-order valence-corrected chi connectivity index (χ1v) is 10.4. The third-order valence-electron chi connectivity index (χ3n) is 5.03. The van der Waals surface area contributed by atoms with E-state index in [1.165, 1.54) is 7.11 Å². The number of hydrogen-bond donors (Lipinski definition) is 1. The van der Waals surface area contributed by atoms with Crippen molar-refractivity contribution in [3.05, 3.63) is 47.5 Å². The molecule has 1 saturated heterocycles. The molecule has 1 unspecified atom stereocenters. The molecule has 9 heteroatoms. The third kappa shape index (κ3) is 6.83. The van der Waals surface area contributed by atoms with Crippen LogP contribution >= 0.6 is 0 Å². The zero-order chi connectivity index (χ0) is 23.7. The number of esters is 3. The Hall–Kier alpha value is -3.36. The van der Waals surface area contributed by atoms with Gasteiger partial charge in [-0.3, -0.25) is 0 Å². The minimum Gasteiger partial charge on any atom is -0.467 e. The number of alkyl carbamates (subject to hydrolysis) is 1. The van der Waals surface area contributed by atoms with Gasteiger partial charge in [0.15, 0.2) is 0 Å². The van der Waals surface area contributed by atoms with Crippen molar-refractivity contribution < 1.29 is 38.1 Å². The summed E-state index contributed by atoms with van der Waals surface area (Å²) in [6.45, 7) is 7.22. The average Bonchev–Trinajstić information content (AvgIpc) is 3.20. The lowest BCUT2D eigenvalue weighted by atomic mass is 10.0. The molecule has 2 fully saturated rings. The lowest BCUT2D eigenvalue weighted by molar-refractivity contribution is -0.232. The Kier molecular flexibility index (Phi) is 8.80. The van der Waals surface area contributed by atoms with Crippen LogP contribution in [0, 0.1) is 6.92 Å². The lowest BCUT2D eigenvalue weighted by Gasteiger charge is -2.32. The molecule has 2 aliphatic rings. The smallest absolute Gasteiger partial charge is 0.407 e. The van der Waals surface area contributed by atoms with Crippen molar-refractivity contribution in [2.75, 3.05) is 13.7 Å². The van der Waals surface area contributed by atoms with Crippen LogP contribution in [0.1, 0.15) is 43.7 Å². The Balaban J connectivity index is 0.000000242. The maximum atomic E-state index is 11.6. The molecule has 0 aromatic heterocycles. The molecule has 1 aromatic rings. The van der Waals surface area contributed by atoms with Crippen LogP contribution in [-0.4, -0.2) is 49.5 Å². The molecule has 3 rings (SSSR count). The summed E-state index contributed by atoms with van der Waals surface area (Å²) in [6.07, 6.45) is 2.81. The minimum absolute atomic E-state index is 0.211. The maximum Gasteiger partial charge on any atom is 0.407 e. The molecule has 1 aromatic carbocycles. The van der Waals surface area contributed by atoms with Gasteiger partial charge in [0.25, 0.3) is 5.79 Å². The normalized spacial score (nSPS) is 17.4. The molecule has 1 saturated carbocycles. The second kappa shape index (κ2) is 11.3. The lowest BCUT2D eigenvalue weighted by Crippen LogP contribution is -2.44. The number of rotatable bonds is 5. The van der Waals surface area contributed by atoms with E-state index < -0.39 is 35.8 Å². The summed E-state index contributed by atoms with van der Waals surface area (Å²) in [7, 11) is 1.29. The number of aryl methyl sites for hydroxylation is 1. The van der Waals surface area contributed by atoms with Crippen LogP contribution in [0.3, 0.4) is 0 Å². The summed E-state index contributed by atoms with van der Waals surface area (Å²) in [6, 6.07) is 6.99. The number of hydrogen-bond acceptors (Lipinski definition) is 8. The molecular weight excluding hydrogens is 418 g/mol. The highest BCUT2D eigenvalue weighted by atomic mass is 16.7. The van der Waals surface area contributed by atoms with Crippen molar-refractivity contribution in [2.24, 2.45) is 0 Å². The number of carbonyl (C=O) groups is 4. The van der Waals surface area contributed by atoms with Crippen LogP contribution in [0.2, 0.25) is 0 Å². The molecule has 1 atom stereocenters. The second-order valence-electron chi connectivity index (χ2n) is 7.51.